The zero-order chi connectivity index (χ0) is 11.5. The van der Waals surface area contributed by atoms with Crippen molar-refractivity contribution < 1.29 is 0 Å². The van der Waals surface area contributed by atoms with E-state index in [-0.39, 0.29) is 6.04 Å². The molecule has 0 amide bonds. The van der Waals surface area contributed by atoms with Gasteiger partial charge in [0, 0.05) is 18.1 Å². The average Bonchev–Trinajstić information content (AvgIpc) is 2.24. The number of hydrogen-bond acceptors (Lipinski definition) is 3. The molecule has 1 unspecified atom stereocenters. The van der Waals surface area contributed by atoms with Gasteiger partial charge in [0.05, 0.1) is 6.07 Å². The predicted octanol–water partition coefficient (Wildman–Crippen LogP) is 1.80. The van der Waals surface area contributed by atoms with Gasteiger partial charge in [-0.05, 0) is 30.2 Å². The van der Waals surface area contributed by atoms with E-state index in [9.17, 15) is 5.26 Å². The minimum Gasteiger partial charge on any atom is -0.330 e. The van der Waals surface area contributed by atoms with Gasteiger partial charge < -0.3 is 5.73 Å². The molecule has 1 fully saturated rings. The summed E-state index contributed by atoms with van der Waals surface area (Å²) in [6, 6.07) is 9.62. The Morgan fingerprint density at radius 2 is 2.06 bits per heavy atom. The highest BCUT2D eigenvalue weighted by Crippen LogP contribution is 2.28. The van der Waals surface area contributed by atoms with Crippen LogP contribution in [-0.2, 0) is 0 Å². The van der Waals surface area contributed by atoms with Crippen LogP contribution in [0.4, 0.5) is 0 Å². The minimum atomic E-state index is -0.167. The predicted molar refractivity (Wildman–Crippen MR) is 63.9 cm³/mol. The van der Waals surface area contributed by atoms with Crippen LogP contribution >= 0.6 is 11.6 Å². The third-order valence-corrected chi connectivity index (χ3v) is 3.24. The van der Waals surface area contributed by atoms with E-state index in [4.69, 9.17) is 17.3 Å². The summed E-state index contributed by atoms with van der Waals surface area (Å²) in [7, 11) is 0. The van der Waals surface area contributed by atoms with Crippen molar-refractivity contribution in [3.8, 4) is 6.07 Å². The molecule has 0 spiro atoms. The van der Waals surface area contributed by atoms with Crippen molar-refractivity contribution in [2.75, 3.05) is 19.6 Å². The fourth-order valence-corrected chi connectivity index (χ4v) is 2.11. The van der Waals surface area contributed by atoms with Crippen molar-refractivity contribution >= 4 is 11.6 Å². The molecule has 4 heteroatoms. The fraction of sp³-hybridized carbons (Fsp3) is 0.417. The van der Waals surface area contributed by atoms with Gasteiger partial charge in [-0.2, -0.15) is 5.26 Å². The van der Waals surface area contributed by atoms with E-state index in [0.29, 0.717) is 17.5 Å². The first-order chi connectivity index (χ1) is 7.74. The Morgan fingerprint density at radius 3 is 2.56 bits per heavy atom. The Bertz CT molecular complexity index is 390. The zero-order valence-electron chi connectivity index (χ0n) is 8.94. The summed E-state index contributed by atoms with van der Waals surface area (Å²) in [5, 5.41) is 9.89. The third kappa shape index (κ3) is 2.19. The molecule has 0 radical (unpaired) electrons. The molecule has 0 aromatic heterocycles. The largest absolute Gasteiger partial charge is 0.330 e. The summed E-state index contributed by atoms with van der Waals surface area (Å²) in [5.74, 6) is 0.545. The van der Waals surface area contributed by atoms with E-state index in [0.717, 1.165) is 18.7 Å². The first-order valence-electron chi connectivity index (χ1n) is 5.33. The van der Waals surface area contributed by atoms with Gasteiger partial charge >= 0.3 is 0 Å². The van der Waals surface area contributed by atoms with Crippen molar-refractivity contribution in [1.29, 1.82) is 5.26 Å². The zero-order valence-corrected chi connectivity index (χ0v) is 9.69. The van der Waals surface area contributed by atoms with Gasteiger partial charge in [0.15, 0.2) is 0 Å². The van der Waals surface area contributed by atoms with Crippen LogP contribution in [0.5, 0.6) is 0 Å². The number of halogens is 1. The summed E-state index contributed by atoms with van der Waals surface area (Å²) in [5.41, 5.74) is 6.57. The molecule has 0 bridgehead atoms. The SMILES string of the molecule is N#CC(c1ccc(Cl)cc1)N1CC(CN)C1. The number of hydrogen-bond donors (Lipinski definition) is 1. The maximum atomic E-state index is 9.19. The lowest BCUT2D eigenvalue weighted by Gasteiger charge is -2.41. The van der Waals surface area contributed by atoms with E-state index < -0.39 is 0 Å². The van der Waals surface area contributed by atoms with Gasteiger partial charge in [-0.1, -0.05) is 23.7 Å². The van der Waals surface area contributed by atoms with Crippen molar-refractivity contribution in [1.82, 2.24) is 4.90 Å². The molecule has 3 nitrogen and oxygen atoms in total. The van der Waals surface area contributed by atoms with E-state index >= 15 is 0 Å². The molecule has 1 aromatic carbocycles. The highest BCUT2D eigenvalue weighted by atomic mass is 35.5. The minimum absolute atomic E-state index is 0.167. The Kier molecular flexibility index (Phi) is 3.45. The molecule has 1 atom stereocenters. The van der Waals surface area contributed by atoms with Crippen LogP contribution in [0.15, 0.2) is 24.3 Å². The molecule has 0 aliphatic carbocycles. The van der Waals surface area contributed by atoms with Gasteiger partial charge in [0.1, 0.15) is 6.04 Å². The summed E-state index contributed by atoms with van der Waals surface area (Å²) >= 11 is 5.82. The second-order valence-electron chi connectivity index (χ2n) is 4.14. The van der Waals surface area contributed by atoms with Crippen molar-refractivity contribution in [3.63, 3.8) is 0 Å². The van der Waals surface area contributed by atoms with E-state index in [1.165, 1.54) is 0 Å². The normalized spacial score (nSPS) is 18.8. The topological polar surface area (TPSA) is 53.0 Å². The first kappa shape index (κ1) is 11.4. The third-order valence-electron chi connectivity index (χ3n) is 2.99. The van der Waals surface area contributed by atoms with Gasteiger partial charge in [-0.15, -0.1) is 0 Å². The highest BCUT2D eigenvalue weighted by molar-refractivity contribution is 6.30. The smallest absolute Gasteiger partial charge is 0.123 e. The fourth-order valence-electron chi connectivity index (χ4n) is 1.98. The Morgan fingerprint density at radius 1 is 1.44 bits per heavy atom. The van der Waals surface area contributed by atoms with E-state index in [1.54, 1.807) is 0 Å². The highest BCUT2D eigenvalue weighted by Gasteiger charge is 2.32. The summed E-state index contributed by atoms with van der Waals surface area (Å²) < 4.78 is 0. The standard InChI is InChI=1S/C12H14ClN3/c13-11-3-1-10(2-4-11)12(6-15)16-7-9(5-14)8-16/h1-4,9,12H,5,7-8,14H2. The summed E-state index contributed by atoms with van der Waals surface area (Å²) in [6.45, 7) is 2.53. The van der Waals surface area contributed by atoms with Crippen LogP contribution in [0.1, 0.15) is 11.6 Å². The number of likely N-dealkylation sites (tertiary alicyclic amines) is 1. The molecule has 1 saturated heterocycles. The Balaban J connectivity index is 2.07. The van der Waals surface area contributed by atoms with E-state index in [1.807, 2.05) is 24.3 Å². The summed E-state index contributed by atoms with van der Waals surface area (Å²) in [4.78, 5) is 2.14. The molecule has 1 aliphatic heterocycles. The molecule has 1 aliphatic rings. The first-order valence-corrected chi connectivity index (χ1v) is 5.71. The number of benzene rings is 1. The van der Waals surface area contributed by atoms with Crippen molar-refractivity contribution in [2.24, 2.45) is 11.7 Å². The lowest BCUT2D eigenvalue weighted by molar-refractivity contribution is 0.0799. The Labute approximate surface area is 100 Å². The lowest BCUT2D eigenvalue weighted by Crippen LogP contribution is -2.50. The average molecular weight is 236 g/mol. The van der Waals surface area contributed by atoms with Crippen molar-refractivity contribution in [3.05, 3.63) is 34.9 Å². The maximum absolute atomic E-state index is 9.19. The Hall–Kier alpha value is -1.08. The van der Waals surface area contributed by atoms with Gasteiger partial charge in [-0.25, -0.2) is 0 Å². The number of nitrogens with two attached hydrogens (primary N) is 1. The monoisotopic (exact) mass is 235 g/mol. The molecule has 1 heterocycles. The molecule has 2 rings (SSSR count). The molecule has 16 heavy (non-hydrogen) atoms. The second-order valence-corrected chi connectivity index (χ2v) is 4.58. The molecule has 1 aromatic rings. The molecular formula is C12H14ClN3. The summed E-state index contributed by atoms with van der Waals surface area (Å²) in [6.07, 6.45) is 0. The van der Waals surface area contributed by atoms with Crippen LogP contribution in [0.2, 0.25) is 5.02 Å². The number of rotatable bonds is 3. The molecule has 2 N–H and O–H groups in total. The van der Waals surface area contributed by atoms with Gasteiger partial charge in [0.25, 0.3) is 0 Å². The number of nitrogens with zero attached hydrogens (tertiary/aromatic N) is 2. The van der Waals surface area contributed by atoms with Gasteiger partial charge in [-0.3, -0.25) is 4.90 Å². The maximum Gasteiger partial charge on any atom is 0.123 e. The van der Waals surface area contributed by atoms with E-state index in [2.05, 4.69) is 11.0 Å². The van der Waals surface area contributed by atoms with Crippen LogP contribution in [-0.4, -0.2) is 24.5 Å². The number of nitriles is 1. The van der Waals surface area contributed by atoms with Crippen LogP contribution < -0.4 is 5.73 Å². The van der Waals surface area contributed by atoms with Gasteiger partial charge in [0.2, 0.25) is 0 Å². The second kappa shape index (κ2) is 4.84. The lowest BCUT2D eigenvalue weighted by atomic mass is 9.95. The quantitative estimate of drug-likeness (QED) is 0.869. The van der Waals surface area contributed by atoms with Crippen molar-refractivity contribution in [2.45, 2.75) is 6.04 Å². The van der Waals surface area contributed by atoms with Crippen LogP contribution in [0.3, 0.4) is 0 Å². The van der Waals surface area contributed by atoms with Crippen LogP contribution in [0, 0.1) is 17.2 Å². The molecule has 84 valence electrons. The molecular weight excluding hydrogens is 222 g/mol. The van der Waals surface area contributed by atoms with Crippen LogP contribution in [0.25, 0.3) is 0 Å². The molecule has 0 saturated carbocycles.